The molecule has 1 heterocycles. The van der Waals surface area contributed by atoms with Crippen LogP contribution in [0.3, 0.4) is 0 Å². The fourth-order valence-corrected chi connectivity index (χ4v) is 3.24. The summed E-state index contributed by atoms with van der Waals surface area (Å²) in [5, 5.41) is 3.71. The summed E-state index contributed by atoms with van der Waals surface area (Å²) < 4.78 is 0. The molecule has 1 aromatic carbocycles. The standard InChI is InChI=1S/C16H26N2S/c1-2-19-12-10-17-16-9-6-11-18(14-16)13-15-7-4-3-5-8-15/h3-5,7-8,16-17H,2,6,9-14H2,1H3. The maximum absolute atomic E-state index is 3.71. The molecule has 1 aliphatic heterocycles. The van der Waals surface area contributed by atoms with Crippen LogP contribution in [-0.2, 0) is 6.54 Å². The Balaban J connectivity index is 1.71. The molecular formula is C16H26N2S. The first-order valence-corrected chi connectivity index (χ1v) is 8.61. The Labute approximate surface area is 122 Å². The average Bonchev–Trinajstić information content (AvgIpc) is 2.45. The number of thioether (sulfide) groups is 1. The highest BCUT2D eigenvalue weighted by Crippen LogP contribution is 2.13. The number of rotatable bonds is 7. The Morgan fingerprint density at radius 3 is 2.95 bits per heavy atom. The van der Waals surface area contributed by atoms with Crippen molar-refractivity contribution in [2.45, 2.75) is 32.4 Å². The van der Waals surface area contributed by atoms with Crippen molar-refractivity contribution >= 4 is 11.8 Å². The van der Waals surface area contributed by atoms with Gasteiger partial charge >= 0.3 is 0 Å². The molecular weight excluding hydrogens is 252 g/mol. The molecule has 1 atom stereocenters. The highest BCUT2D eigenvalue weighted by atomic mass is 32.2. The van der Waals surface area contributed by atoms with Crippen molar-refractivity contribution in [3.05, 3.63) is 35.9 Å². The Hall–Kier alpha value is -0.510. The maximum atomic E-state index is 3.71. The first kappa shape index (κ1) is 14.9. The van der Waals surface area contributed by atoms with Crippen molar-refractivity contribution in [3.8, 4) is 0 Å². The van der Waals surface area contributed by atoms with E-state index in [-0.39, 0.29) is 0 Å². The average molecular weight is 278 g/mol. The molecule has 0 amide bonds. The van der Waals surface area contributed by atoms with E-state index in [2.05, 4.69) is 47.5 Å². The van der Waals surface area contributed by atoms with E-state index >= 15 is 0 Å². The zero-order valence-electron chi connectivity index (χ0n) is 12.0. The molecule has 1 unspecified atom stereocenters. The van der Waals surface area contributed by atoms with Gasteiger partial charge in [0, 0.05) is 31.4 Å². The SMILES string of the molecule is CCSCCNC1CCCN(Cc2ccccc2)C1. The lowest BCUT2D eigenvalue weighted by Crippen LogP contribution is -2.45. The van der Waals surface area contributed by atoms with Crippen LogP contribution in [-0.4, -0.2) is 42.1 Å². The van der Waals surface area contributed by atoms with Gasteiger partial charge < -0.3 is 5.32 Å². The maximum Gasteiger partial charge on any atom is 0.0234 e. The fraction of sp³-hybridized carbons (Fsp3) is 0.625. The molecule has 2 nitrogen and oxygen atoms in total. The predicted molar refractivity (Wildman–Crippen MR) is 85.7 cm³/mol. The van der Waals surface area contributed by atoms with E-state index in [1.54, 1.807) is 0 Å². The third-order valence-corrected chi connectivity index (χ3v) is 4.54. The van der Waals surface area contributed by atoms with E-state index < -0.39 is 0 Å². The third-order valence-electron chi connectivity index (χ3n) is 3.64. The zero-order valence-corrected chi connectivity index (χ0v) is 12.8. The minimum Gasteiger partial charge on any atom is -0.312 e. The van der Waals surface area contributed by atoms with E-state index in [1.807, 2.05) is 11.8 Å². The summed E-state index contributed by atoms with van der Waals surface area (Å²) in [6.07, 6.45) is 2.66. The van der Waals surface area contributed by atoms with Gasteiger partial charge in [-0.2, -0.15) is 11.8 Å². The van der Waals surface area contributed by atoms with E-state index in [0.29, 0.717) is 6.04 Å². The van der Waals surface area contributed by atoms with E-state index in [4.69, 9.17) is 0 Å². The summed E-state index contributed by atoms with van der Waals surface area (Å²) in [5.41, 5.74) is 1.43. The van der Waals surface area contributed by atoms with Crippen molar-refractivity contribution in [1.82, 2.24) is 10.2 Å². The van der Waals surface area contributed by atoms with E-state index in [9.17, 15) is 0 Å². The van der Waals surface area contributed by atoms with E-state index in [1.165, 1.54) is 43.0 Å². The monoisotopic (exact) mass is 278 g/mol. The Kier molecular flexibility index (Phi) is 6.75. The molecule has 0 radical (unpaired) electrons. The van der Waals surface area contributed by atoms with Crippen LogP contribution >= 0.6 is 11.8 Å². The Morgan fingerprint density at radius 2 is 2.16 bits per heavy atom. The molecule has 1 N–H and O–H groups in total. The van der Waals surface area contributed by atoms with Crippen LogP contribution in [0, 0.1) is 0 Å². The second kappa shape index (κ2) is 8.62. The third kappa shape index (κ3) is 5.55. The lowest BCUT2D eigenvalue weighted by atomic mass is 10.0. The van der Waals surface area contributed by atoms with Gasteiger partial charge in [0.15, 0.2) is 0 Å². The van der Waals surface area contributed by atoms with Crippen molar-refractivity contribution in [3.63, 3.8) is 0 Å². The van der Waals surface area contributed by atoms with Gasteiger partial charge in [0.2, 0.25) is 0 Å². The first-order valence-electron chi connectivity index (χ1n) is 7.46. The van der Waals surface area contributed by atoms with Crippen molar-refractivity contribution in [1.29, 1.82) is 0 Å². The number of hydrogen-bond donors (Lipinski definition) is 1. The second-order valence-electron chi connectivity index (χ2n) is 5.21. The van der Waals surface area contributed by atoms with Gasteiger partial charge in [-0.15, -0.1) is 0 Å². The van der Waals surface area contributed by atoms with Crippen molar-refractivity contribution < 1.29 is 0 Å². The van der Waals surface area contributed by atoms with Gasteiger partial charge in [-0.25, -0.2) is 0 Å². The lowest BCUT2D eigenvalue weighted by molar-refractivity contribution is 0.185. The largest absolute Gasteiger partial charge is 0.312 e. The van der Waals surface area contributed by atoms with Crippen LogP contribution in [0.4, 0.5) is 0 Å². The molecule has 1 fully saturated rings. The van der Waals surface area contributed by atoms with Gasteiger partial charge in [0.05, 0.1) is 0 Å². The molecule has 3 heteroatoms. The molecule has 1 saturated heterocycles. The Morgan fingerprint density at radius 1 is 1.32 bits per heavy atom. The summed E-state index contributed by atoms with van der Waals surface area (Å²) in [6, 6.07) is 11.5. The lowest BCUT2D eigenvalue weighted by Gasteiger charge is -2.33. The van der Waals surface area contributed by atoms with Crippen LogP contribution in [0.5, 0.6) is 0 Å². The topological polar surface area (TPSA) is 15.3 Å². The summed E-state index contributed by atoms with van der Waals surface area (Å²) >= 11 is 2.02. The molecule has 0 aromatic heterocycles. The van der Waals surface area contributed by atoms with E-state index in [0.717, 1.165) is 13.1 Å². The first-order chi connectivity index (χ1) is 9.38. The van der Waals surface area contributed by atoms with Crippen LogP contribution in [0.15, 0.2) is 30.3 Å². The highest BCUT2D eigenvalue weighted by Gasteiger charge is 2.18. The number of benzene rings is 1. The molecule has 1 aliphatic rings. The van der Waals surface area contributed by atoms with Crippen LogP contribution in [0.2, 0.25) is 0 Å². The predicted octanol–water partition coefficient (Wildman–Crippen LogP) is 2.99. The summed E-state index contributed by atoms with van der Waals surface area (Å²) in [6.45, 7) is 6.93. The molecule has 0 aliphatic carbocycles. The van der Waals surface area contributed by atoms with Gasteiger partial charge in [0.25, 0.3) is 0 Å². The number of likely N-dealkylation sites (tertiary alicyclic amines) is 1. The van der Waals surface area contributed by atoms with Gasteiger partial charge in [-0.1, -0.05) is 37.3 Å². The summed E-state index contributed by atoms with van der Waals surface area (Å²) in [5.74, 6) is 2.47. The fourth-order valence-electron chi connectivity index (χ4n) is 2.69. The van der Waals surface area contributed by atoms with Crippen molar-refractivity contribution in [2.75, 3.05) is 31.1 Å². The van der Waals surface area contributed by atoms with Gasteiger partial charge in [0.1, 0.15) is 0 Å². The molecule has 1 aromatic rings. The number of hydrogen-bond acceptors (Lipinski definition) is 3. The molecule has 19 heavy (non-hydrogen) atoms. The molecule has 0 bridgehead atoms. The molecule has 0 saturated carbocycles. The zero-order chi connectivity index (χ0) is 13.3. The number of nitrogens with zero attached hydrogens (tertiary/aromatic N) is 1. The van der Waals surface area contributed by atoms with Crippen molar-refractivity contribution in [2.24, 2.45) is 0 Å². The summed E-state index contributed by atoms with van der Waals surface area (Å²) in [4.78, 5) is 2.59. The minimum absolute atomic E-state index is 0.690. The van der Waals surface area contributed by atoms with Crippen LogP contribution in [0.25, 0.3) is 0 Å². The highest BCUT2D eigenvalue weighted by molar-refractivity contribution is 7.99. The number of nitrogens with one attached hydrogen (secondary N) is 1. The quantitative estimate of drug-likeness (QED) is 0.772. The van der Waals surface area contributed by atoms with Gasteiger partial charge in [-0.05, 0) is 30.7 Å². The molecule has 106 valence electrons. The van der Waals surface area contributed by atoms with Crippen LogP contribution in [0.1, 0.15) is 25.3 Å². The smallest absolute Gasteiger partial charge is 0.0234 e. The second-order valence-corrected chi connectivity index (χ2v) is 6.60. The Bertz CT molecular complexity index is 342. The summed E-state index contributed by atoms with van der Waals surface area (Å²) in [7, 11) is 0. The van der Waals surface area contributed by atoms with Crippen LogP contribution < -0.4 is 5.32 Å². The molecule has 0 spiro atoms. The minimum atomic E-state index is 0.690. The normalized spacial score (nSPS) is 20.6. The van der Waals surface area contributed by atoms with Gasteiger partial charge in [-0.3, -0.25) is 4.90 Å². The number of piperidine rings is 1. The molecule has 2 rings (SSSR count).